The maximum Gasteiger partial charge on any atom is 0.306 e. The van der Waals surface area contributed by atoms with Gasteiger partial charge in [0.25, 0.3) is 0 Å². The Labute approximate surface area is 366 Å². The van der Waals surface area contributed by atoms with Gasteiger partial charge in [-0.25, -0.2) is 0 Å². The van der Waals surface area contributed by atoms with Crippen LogP contribution in [0, 0.1) is 0 Å². The van der Waals surface area contributed by atoms with Crippen LogP contribution >= 0.6 is 0 Å². The molecule has 0 aliphatic carbocycles. The van der Waals surface area contributed by atoms with Crippen LogP contribution in [0.15, 0.2) is 24.3 Å². The van der Waals surface area contributed by atoms with E-state index in [0.717, 1.165) is 70.6 Å². The molecule has 0 aliphatic rings. The minimum absolute atomic E-state index is 0.0736. The van der Waals surface area contributed by atoms with Crippen molar-refractivity contribution in [2.45, 2.75) is 284 Å². The van der Waals surface area contributed by atoms with Crippen molar-refractivity contribution < 1.29 is 28.6 Å². The van der Waals surface area contributed by atoms with Gasteiger partial charge in [0.1, 0.15) is 13.2 Å². The number of ether oxygens (including phenoxy) is 3. The van der Waals surface area contributed by atoms with Gasteiger partial charge in [0.05, 0.1) is 0 Å². The van der Waals surface area contributed by atoms with Crippen molar-refractivity contribution in [3.8, 4) is 0 Å². The van der Waals surface area contributed by atoms with E-state index in [2.05, 4.69) is 45.1 Å². The molecule has 6 nitrogen and oxygen atoms in total. The van der Waals surface area contributed by atoms with Crippen LogP contribution in [0.5, 0.6) is 0 Å². The lowest BCUT2D eigenvalue weighted by Crippen LogP contribution is -2.30. The quantitative estimate of drug-likeness (QED) is 0.0263. The molecule has 59 heavy (non-hydrogen) atoms. The van der Waals surface area contributed by atoms with E-state index < -0.39 is 6.10 Å². The molecule has 1 atom stereocenters. The molecule has 1 unspecified atom stereocenters. The molecule has 0 spiro atoms. The van der Waals surface area contributed by atoms with Crippen LogP contribution in [0.3, 0.4) is 0 Å². The fraction of sp³-hybridized carbons (Fsp3) is 0.868. The van der Waals surface area contributed by atoms with Crippen LogP contribution in [-0.4, -0.2) is 37.2 Å². The second-order valence-corrected chi connectivity index (χ2v) is 17.4. The smallest absolute Gasteiger partial charge is 0.306 e. The summed E-state index contributed by atoms with van der Waals surface area (Å²) in [5.41, 5.74) is 0. The Balaban J connectivity index is 4.31. The number of allylic oxidation sites excluding steroid dienone is 4. The molecule has 0 amide bonds. The zero-order chi connectivity index (χ0) is 43.0. The topological polar surface area (TPSA) is 78.9 Å². The number of carbonyl (C=O) groups excluding carboxylic acids is 3. The summed E-state index contributed by atoms with van der Waals surface area (Å²) in [5.74, 6) is -0.881. The van der Waals surface area contributed by atoms with Crippen molar-refractivity contribution in [1.82, 2.24) is 0 Å². The Bertz CT molecular complexity index is 958. The van der Waals surface area contributed by atoms with Crippen LogP contribution < -0.4 is 0 Å². The lowest BCUT2D eigenvalue weighted by Gasteiger charge is -2.18. The molecule has 346 valence electrons. The molecule has 0 saturated heterocycles. The van der Waals surface area contributed by atoms with Gasteiger partial charge in [-0.3, -0.25) is 14.4 Å². The average Bonchev–Trinajstić information content (AvgIpc) is 3.23. The molecular formula is C53H98O6. The molecule has 0 aromatic heterocycles. The summed E-state index contributed by atoms with van der Waals surface area (Å²) in [5, 5.41) is 0. The highest BCUT2D eigenvalue weighted by Crippen LogP contribution is 2.16. The maximum atomic E-state index is 12.8. The van der Waals surface area contributed by atoms with Crippen LogP contribution in [0.4, 0.5) is 0 Å². The molecule has 0 rings (SSSR count). The van der Waals surface area contributed by atoms with Crippen molar-refractivity contribution in [2.24, 2.45) is 0 Å². The van der Waals surface area contributed by atoms with Gasteiger partial charge in [-0.1, -0.05) is 218 Å². The fourth-order valence-electron chi connectivity index (χ4n) is 7.48. The van der Waals surface area contributed by atoms with E-state index in [1.807, 2.05) is 0 Å². The first kappa shape index (κ1) is 56.9. The zero-order valence-corrected chi connectivity index (χ0v) is 39.5. The molecule has 0 saturated carbocycles. The van der Waals surface area contributed by atoms with E-state index in [1.54, 1.807) is 0 Å². The number of hydrogen-bond donors (Lipinski definition) is 0. The van der Waals surface area contributed by atoms with Crippen molar-refractivity contribution >= 4 is 17.9 Å². The molecule has 0 fully saturated rings. The molecule has 0 aromatic rings. The predicted octanol–water partition coefficient (Wildman–Crippen LogP) is 16.8. The molecule has 0 aliphatic heterocycles. The molecule has 0 heterocycles. The first-order chi connectivity index (χ1) is 29.0. The summed E-state index contributed by atoms with van der Waals surface area (Å²) in [6, 6.07) is 0. The number of esters is 3. The van der Waals surface area contributed by atoms with Crippen molar-refractivity contribution in [3.05, 3.63) is 24.3 Å². The first-order valence-electron chi connectivity index (χ1n) is 25.8. The lowest BCUT2D eigenvalue weighted by atomic mass is 10.0. The van der Waals surface area contributed by atoms with Crippen molar-refractivity contribution in [3.63, 3.8) is 0 Å². The van der Waals surface area contributed by atoms with E-state index in [-0.39, 0.29) is 31.1 Å². The van der Waals surface area contributed by atoms with Gasteiger partial charge in [0.2, 0.25) is 0 Å². The van der Waals surface area contributed by atoms with Crippen molar-refractivity contribution in [1.29, 1.82) is 0 Å². The Morgan fingerprint density at radius 3 is 0.915 bits per heavy atom. The molecule has 0 aromatic carbocycles. The van der Waals surface area contributed by atoms with E-state index in [4.69, 9.17) is 14.2 Å². The molecule has 0 radical (unpaired) electrons. The normalized spacial score (nSPS) is 12.1. The third-order valence-corrected chi connectivity index (χ3v) is 11.4. The number of hydrogen-bond acceptors (Lipinski definition) is 6. The zero-order valence-electron chi connectivity index (χ0n) is 39.5. The molecule has 0 bridgehead atoms. The largest absolute Gasteiger partial charge is 0.462 e. The van der Waals surface area contributed by atoms with Gasteiger partial charge in [-0.2, -0.15) is 0 Å². The molecule has 0 N–H and O–H groups in total. The van der Waals surface area contributed by atoms with Gasteiger partial charge in [-0.05, 0) is 64.2 Å². The summed E-state index contributed by atoms with van der Waals surface area (Å²) in [4.78, 5) is 37.9. The van der Waals surface area contributed by atoms with Gasteiger partial charge >= 0.3 is 17.9 Å². The summed E-state index contributed by atoms with van der Waals surface area (Å²) < 4.78 is 16.8. The van der Waals surface area contributed by atoms with E-state index in [0.29, 0.717) is 19.3 Å². The SMILES string of the molecule is CCCC/C=C\CCCCCCCC(=O)OCC(COC(=O)CCCCCCCCCCCCCCCCCCC)OC(=O)CCCCCCC/C=C\CCCCCC. The van der Waals surface area contributed by atoms with Crippen LogP contribution in [0.25, 0.3) is 0 Å². The second-order valence-electron chi connectivity index (χ2n) is 17.4. The van der Waals surface area contributed by atoms with Crippen LogP contribution in [-0.2, 0) is 28.6 Å². The lowest BCUT2D eigenvalue weighted by molar-refractivity contribution is -0.167. The number of carbonyl (C=O) groups is 3. The highest BCUT2D eigenvalue weighted by molar-refractivity contribution is 5.71. The molecular weight excluding hydrogens is 733 g/mol. The van der Waals surface area contributed by atoms with Gasteiger partial charge in [-0.15, -0.1) is 0 Å². The number of rotatable bonds is 47. The molecule has 6 heteroatoms. The Morgan fingerprint density at radius 2 is 0.576 bits per heavy atom. The third kappa shape index (κ3) is 46.8. The maximum absolute atomic E-state index is 12.8. The minimum Gasteiger partial charge on any atom is -0.462 e. The highest BCUT2D eigenvalue weighted by Gasteiger charge is 2.19. The predicted molar refractivity (Wildman–Crippen MR) is 252 cm³/mol. The summed E-state index contributed by atoms with van der Waals surface area (Å²) in [7, 11) is 0. The second kappa shape index (κ2) is 48.6. The number of unbranched alkanes of at least 4 members (excludes halogenated alkanes) is 32. The Morgan fingerprint density at radius 1 is 0.322 bits per heavy atom. The first-order valence-corrected chi connectivity index (χ1v) is 25.8. The van der Waals surface area contributed by atoms with E-state index in [1.165, 1.54) is 167 Å². The van der Waals surface area contributed by atoms with E-state index >= 15 is 0 Å². The van der Waals surface area contributed by atoms with Crippen molar-refractivity contribution in [2.75, 3.05) is 13.2 Å². The summed E-state index contributed by atoms with van der Waals surface area (Å²) >= 11 is 0. The summed E-state index contributed by atoms with van der Waals surface area (Å²) in [6.45, 7) is 6.60. The average molecular weight is 831 g/mol. The van der Waals surface area contributed by atoms with Gasteiger partial charge < -0.3 is 14.2 Å². The minimum atomic E-state index is -0.773. The Hall–Kier alpha value is -2.11. The standard InChI is InChI=1S/C53H98O6/c1-4-7-10-13-16-19-22-24-25-26-27-29-31-34-37-40-43-46-52(55)58-49-50(48-57-51(54)45-42-39-36-33-30-21-18-15-12-9-6-3)59-53(56)47-44-41-38-35-32-28-23-20-17-14-11-8-5-2/h15,18,20,23,50H,4-14,16-17,19,21-22,24-49H2,1-3H3/b18-15-,23-20-. The fourth-order valence-corrected chi connectivity index (χ4v) is 7.48. The summed E-state index contributed by atoms with van der Waals surface area (Å²) in [6.07, 6.45) is 54.5. The van der Waals surface area contributed by atoms with E-state index in [9.17, 15) is 14.4 Å². The van der Waals surface area contributed by atoms with Gasteiger partial charge in [0, 0.05) is 19.3 Å². The Kier molecular flexibility index (Phi) is 46.8. The van der Waals surface area contributed by atoms with Crippen LogP contribution in [0.2, 0.25) is 0 Å². The highest BCUT2D eigenvalue weighted by atomic mass is 16.6. The third-order valence-electron chi connectivity index (χ3n) is 11.4. The van der Waals surface area contributed by atoms with Gasteiger partial charge in [0.15, 0.2) is 6.10 Å². The van der Waals surface area contributed by atoms with Crippen LogP contribution in [0.1, 0.15) is 278 Å². The monoisotopic (exact) mass is 831 g/mol.